The lowest BCUT2D eigenvalue weighted by Gasteiger charge is -2.04. The van der Waals surface area contributed by atoms with E-state index in [1.807, 2.05) is 6.07 Å². The van der Waals surface area contributed by atoms with E-state index in [1.54, 1.807) is 23.0 Å². The number of benzene rings is 1. The number of rotatable bonds is 14. The normalized spacial score (nSPS) is 10.5. The van der Waals surface area contributed by atoms with Crippen LogP contribution in [0.4, 0.5) is 11.4 Å². The van der Waals surface area contributed by atoms with Crippen molar-refractivity contribution in [1.82, 2.24) is 0 Å². The first kappa shape index (κ1) is 23.7. The van der Waals surface area contributed by atoms with E-state index in [0.29, 0.717) is 19.8 Å². The molecule has 0 radical (unpaired) electrons. The number of nitro groups is 2. The monoisotopic (exact) mass is 429 g/mol. The van der Waals surface area contributed by atoms with E-state index in [2.05, 4.69) is 10.0 Å². The summed E-state index contributed by atoms with van der Waals surface area (Å²) < 4.78 is 7.25. The van der Waals surface area contributed by atoms with Crippen LogP contribution < -0.4 is 4.57 Å². The highest BCUT2D eigenvalue weighted by Crippen LogP contribution is 2.24. The number of azide groups is 1. The molecule has 0 N–H and O–H groups in total. The third-order valence-electron chi connectivity index (χ3n) is 4.62. The molecule has 0 atom stereocenters. The Hall–Kier alpha value is -3.56. The Balaban J connectivity index is 1.83. The molecule has 0 spiro atoms. The van der Waals surface area contributed by atoms with Crippen LogP contribution in [-0.4, -0.2) is 29.6 Å². The first-order chi connectivity index (χ1) is 15.0. The van der Waals surface area contributed by atoms with Crippen LogP contribution in [0.1, 0.15) is 37.7 Å². The summed E-state index contributed by atoms with van der Waals surface area (Å²) in [5, 5.41) is 25.8. The Kier molecular flexibility index (Phi) is 9.86. The van der Waals surface area contributed by atoms with Crippen molar-refractivity contribution in [3.05, 3.63) is 79.0 Å². The Labute approximate surface area is 179 Å². The number of ether oxygens (including phenoxy) is 1. The Morgan fingerprint density at radius 1 is 1.03 bits per heavy atom. The van der Waals surface area contributed by atoms with Crippen molar-refractivity contribution in [3.63, 3.8) is 0 Å². The van der Waals surface area contributed by atoms with Crippen molar-refractivity contribution >= 4 is 11.4 Å². The minimum atomic E-state index is -0.652. The molecule has 0 saturated heterocycles. The van der Waals surface area contributed by atoms with Crippen molar-refractivity contribution in [2.75, 3.05) is 19.8 Å². The molecule has 0 saturated carbocycles. The summed E-state index contributed by atoms with van der Waals surface area (Å²) >= 11 is 0. The number of unbranched alkanes of at least 4 members (excludes halogenated alkanes) is 3. The molecule has 164 valence electrons. The number of pyridine rings is 1. The predicted molar refractivity (Wildman–Crippen MR) is 113 cm³/mol. The van der Waals surface area contributed by atoms with E-state index in [9.17, 15) is 20.2 Å². The van der Waals surface area contributed by atoms with E-state index in [-0.39, 0.29) is 17.1 Å². The molecular formula is C20H25N6O5+. The fourth-order valence-corrected chi connectivity index (χ4v) is 3.08. The summed E-state index contributed by atoms with van der Waals surface area (Å²) in [4.78, 5) is 23.7. The second kappa shape index (κ2) is 12.9. The van der Waals surface area contributed by atoms with Gasteiger partial charge in [-0.25, -0.2) is 0 Å². The molecule has 31 heavy (non-hydrogen) atoms. The second-order valence-corrected chi connectivity index (χ2v) is 6.89. The number of hydrogen-bond donors (Lipinski definition) is 0. The van der Waals surface area contributed by atoms with Crippen LogP contribution >= 0.6 is 0 Å². The van der Waals surface area contributed by atoms with Crippen LogP contribution in [0, 0.1) is 20.2 Å². The van der Waals surface area contributed by atoms with Gasteiger partial charge in [0.15, 0.2) is 12.4 Å². The zero-order valence-electron chi connectivity index (χ0n) is 17.1. The van der Waals surface area contributed by atoms with E-state index in [0.717, 1.165) is 50.2 Å². The fourth-order valence-electron chi connectivity index (χ4n) is 3.08. The average molecular weight is 429 g/mol. The van der Waals surface area contributed by atoms with E-state index in [1.165, 1.54) is 12.1 Å². The predicted octanol–water partition coefficient (Wildman–Crippen LogP) is 4.60. The molecule has 2 aromatic rings. The van der Waals surface area contributed by atoms with E-state index in [4.69, 9.17) is 10.3 Å². The summed E-state index contributed by atoms with van der Waals surface area (Å²) in [6, 6.07) is 7.33. The Morgan fingerprint density at radius 3 is 2.55 bits per heavy atom. The molecule has 0 aliphatic rings. The molecule has 0 aliphatic heterocycles. The van der Waals surface area contributed by atoms with Gasteiger partial charge >= 0.3 is 5.69 Å². The lowest BCUT2D eigenvalue weighted by atomic mass is 10.1. The van der Waals surface area contributed by atoms with E-state index >= 15 is 0 Å². The quantitative estimate of drug-likeness (QED) is 0.0818. The Morgan fingerprint density at radius 2 is 1.81 bits per heavy atom. The summed E-state index contributed by atoms with van der Waals surface area (Å²) in [5.41, 5.74) is 8.81. The third kappa shape index (κ3) is 8.00. The minimum Gasteiger partial charge on any atom is -0.381 e. The van der Waals surface area contributed by atoms with Crippen molar-refractivity contribution < 1.29 is 19.2 Å². The first-order valence-electron chi connectivity index (χ1n) is 10.0. The van der Waals surface area contributed by atoms with Gasteiger partial charge in [-0.1, -0.05) is 18.0 Å². The van der Waals surface area contributed by atoms with Gasteiger partial charge in [0.25, 0.3) is 11.4 Å². The van der Waals surface area contributed by atoms with Crippen LogP contribution in [0.2, 0.25) is 0 Å². The first-order valence-corrected chi connectivity index (χ1v) is 10.0. The second-order valence-electron chi connectivity index (χ2n) is 6.89. The molecule has 2 rings (SSSR count). The molecule has 0 amide bonds. The Bertz CT molecular complexity index is 945. The highest BCUT2D eigenvalue weighted by molar-refractivity contribution is 5.53. The van der Waals surface area contributed by atoms with Crippen LogP contribution in [0.15, 0.2) is 47.8 Å². The van der Waals surface area contributed by atoms with E-state index < -0.39 is 9.85 Å². The largest absolute Gasteiger partial charge is 0.381 e. The maximum absolute atomic E-state index is 11.4. The van der Waals surface area contributed by atoms with Gasteiger partial charge in [-0.15, -0.1) is 0 Å². The number of nitro benzene ring substituents is 2. The van der Waals surface area contributed by atoms with Gasteiger partial charge in [0.1, 0.15) is 6.07 Å². The maximum Gasteiger partial charge on any atom is 0.347 e. The number of aromatic nitrogens is 1. The zero-order chi connectivity index (χ0) is 22.5. The van der Waals surface area contributed by atoms with Gasteiger partial charge in [-0.05, 0) is 37.3 Å². The van der Waals surface area contributed by atoms with Gasteiger partial charge < -0.3 is 4.74 Å². The third-order valence-corrected chi connectivity index (χ3v) is 4.62. The van der Waals surface area contributed by atoms with Gasteiger partial charge in [-0.2, -0.15) is 4.57 Å². The van der Waals surface area contributed by atoms with Crippen LogP contribution in [-0.2, 0) is 11.2 Å². The lowest BCUT2D eigenvalue weighted by molar-refractivity contribution is -0.601. The molecule has 1 aromatic heterocycles. The smallest absolute Gasteiger partial charge is 0.347 e. The van der Waals surface area contributed by atoms with Crippen molar-refractivity contribution in [2.45, 2.75) is 38.5 Å². The SMILES string of the molecule is [N-]=[N+]=NCCCCCCOCCCc1ccc[n+](-c2ccc([N+](=O)[O-])cc2[N+](=O)[O-])c1. The summed E-state index contributed by atoms with van der Waals surface area (Å²) in [5.74, 6) is 0. The van der Waals surface area contributed by atoms with Crippen molar-refractivity contribution in [3.8, 4) is 5.69 Å². The van der Waals surface area contributed by atoms with Gasteiger partial charge in [0, 0.05) is 48.4 Å². The average Bonchev–Trinajstić information content (AvgIpc) is 2.77. The van der Waals surface area contributed by atoms with Gasteiger partial charge in [0.2, 0.25) is 0 Å². The van der Waals surface area contributed by atoms with Crippen LogP contribution in [0.25, 0.3) is 16.1 Å². The summed E-state index contributed by atoms with van der Waals surface area (Å²) in [6.07, 6.45) is 8.93. The molecule has 1 heterocycles. The summed E-state index contributed by atoms with van der Waals surface area (Å²) in [7, 11) is 0. The van der Waals surface area contributed by atoms with Crippen LogP contribution in [0.5, 0.6) is 0 Å². The van der Waals surface area contributed by atoms with Crippen LogP contribution in [0.3, 0.4) is 0 Å². The molecule has 0 aliphatic carbocycles. The molecule has 0 fully saturated rings. The minimum absolute atomic E-state index is 0.272. The lowest BCUT2D eigenvalue weighted by Crippen LogP contribution is -2.31. The number of nitrogens with zero attached hydrogens (tertiary/aromatic N) is 6. The maximum atomic E-state index is 11.4. The van der Waals surface area contributed by atoms with Crippen molar-refractivity contribution in [2.24, 2.45) is 5.11 Å². The summed E-state index contributed by atoms with van der Waals surface area (Å²) in [6.45, 7) is 1.84. The molecule has 0 bridgehead atoms. The molecule has 11 nitrogen and oxygen atoms in total. The highest BCUT2D eigenvalue weighted by atomic mass is 16.6. The number of hydrogen-bond acceptors (Lipinski definition) is 6. The molecular weight excluding hydrogens is 404 g/mol. The van der Waals surface area contributed by atoms with Gasteiger partial charge in [0.05, 0.1) is 9.85 Å². The number of non-ortho nitro benzene ring substituents is 1. The zero-order valence-corrected chi connectivity index (χ0v) is 17.1. The molecule has 0 unspecified atom stereocenters. The standard InChI is InChI=1S/C20H25N6O5/c21-23-22-11-3-1-2-4-13-31-14-6-8-17-7-5-12-24(16-17)19-10-9-18(25(27)28)15-20(19)26(29)30/h5,7,9-10,12,15-16H,1-4,6,8,11,13-14H2/q+1. The molecule has 11 heteroatoms. The molecule has 1 aromatic carbocycles. The fraction of sp³-hybridized carbons (Fsp3) is 0.450. The number of aryl methyl sites for hydroxylation is 1. The van der Waals surface area contributed by atoms with Gasteiger partial charge in [-0.3, -0.25) is 20.2 Å². The van der Waals surface area contributed by atoms with Crippen molar-refractivity contribution in [1.29, 1.82) is 0 Å². The highest BCUT2D eigenvalue weighted by Gasteiger charge is 2.26. The topological polar surface area (TPSA) is 148 Å².